The predicted molar refractivity (Wildman–Crippen MR) is 51.9 cm³/mol. The van der Waals surface area contributed by atoms with E-state index in [9.17, 15) is 0 Å². The van der Waals surface area contributed by atoms with Crippen LogP contribution in [0.25, 0.3) is 0 Å². The van der Waals surface area contributed by atoms with Crippen molar-refractivity contribution in [3.8, 4) is 0 Å². The third-order valence-corrected chi connectivity index (χ3v) is 2.72. The van der Waals surface area contributed by atoms with E-state index in [1.54, 1.807) is 0 Å². The summed E-state index contributed by atoms with van der Waals surface area (Å²) in [4.78, 5) is 2.50. The SMILES string of the molecule is NCCCN1CCC(CN)CC1. The van der Waals surface area contributed by atoms with Crippen LogP contribution in [0.4, 0.5) is 0 Å². The zero-order chi connectivity index (χ0) is 8.81. The Bertz CT molecular complexity index is 108. The molecule has 1 saturated heterocycles. The van der Waals surface area contributed by atoms with Crippen LogP contribution in [0, 0.1) is 5.92 Å². The van der Waals surface area contributed by atoms with Gasteiger partial charge in [-0.05, 0) is 57.9 Å². The molecule has 3 nitrogen and oxygen atoms in total. The summed E-state index contributed by atoms with van der Waals surface area (Å²) in [5.41, 5.74) is 11.1. The van der Waals surface area contributed by atoms with Gasteiger partial charge in [-0.2, -0.15) is 0 Å². The van der Waals surface area contributed by atoms with Crippen molar-refractivity contribution in [2.45, 2.75) is 19.3 Å². The van der Waals surface area contributed by atoms with E-state index in [2.05, 4.69) is 4.90 Å². The average molecular weight is 171 g/mol. The molecule has 0 bridgehead atoms. The molecule has 0 aromatic rings. The van der Waals surface area contributed by atoms with Crippen molar-refractivity contribution < 1.29 is 0 Å². The van der Waals surface area contributed by atoms with Gasteiger partial charge in [0.15, 0.2) is 0 Å². The molecule has 0 spiro atoms. The van der Waals surface area contributed by atoms with Crippen LogP contribution in [0.15, 0.2) is 0 Å². The van der Waals surface area contributed by atoms with Crippen LogP contribution in [-0.4, -0.2) is 37.6 Å². The summed E-state index contributed by atoms with van der Waals surface area (Å²) in [5, 5.41) is 0. The van der Waals surface area contributed by atoms with E-state index in [4.69, 9.17) is 11.5 Å². The summed E-state index contributed by atoms with van der Waals surface area (Å²) in [6, 6.07) is 0. The third-order valence-electron chi connectivity index (χ3n) is 2.72. The molecular formula is C9H21N3. The number of hydrogen-bond acceptors (Lipinski definition) is 3. The number of nitrogens with two attached hydrogens (primary N) is 2. The first-order valence-electron chi connectivity index (χ1n) is 4.99. The first-order chi connectivity index (χ1) is 5.86. The summed E-state index contributed by atoms with van der Waals surface area (Å²) in [6.45, 7) is 5.30. The number of piperidine rings is 1. The van der Waals surface area contributed by atoms with Crippen molar-refractivity contribution in [3.63, 3.8) is 0 Å². The smallest absolute Gasteiger partial charge is 0.000671 e. The Hall–Kier alpha value is -0.120. The highest BCUT2D eigenvalue weighted by Crippen LogP contribution is 2.15. The summed E-state index contributed by atoms with van der Waals surface area (Å²) < 4.78 is 0. The molecule has 0 aliphatic carbocycles. The quantitative estimate of drug-likeness (QED) is 0.626. The van der Waals surface area contributed by atoms with Gasteiger partial charge in [0.25, 0.3) is 0 Å². The van der Waals surface area contributed by atoms with Crippen LogP contribution in [0.2, 0.25) is 0 Å². The van der Waals surface area contributed by atoms with Gasteiger partial charge in [0, 0.05) is 0 Å². The Morgan fingerprint density at radius 3 is 2.33 bits per heavy atom. The molecule has 0 unspecified atom stereocenters. The molecule has 0 amide bonds. The molecule has 0 aromatic heterocycles. The highest BCUT2D eigenvalue weighted by Gasteiger charge is 2.16. The third kappa shape index (κ3) is 3.09. The van der Waals surface area contributed by atoms with Gasteiger partial charge in [-0.3, -0.25) is 0 Å². The van der Waals surface area contributed by atoms with E-state index in [0.717, 1.165) is 25.4 Å². The second kappa shape index (κ2) is 5.51. The molecular weight excluding hydrogens is 150 g/mol. The minimum atomic E-state index is 0.777. The fraction of sp³-hybridized carbons (Fsp3) is 1.00. The lowest BCUT2D eigenvalue weighted by Gasteiger charge is -2.31. The maximum absolute atomic E-state index is 5.61. The van der Waals surface area contributed by atoms with Crippen LogP contribution in [0.1, 0.15) is 19.3 Å². The second-order valence-corrected chi connectivity index (χ2v) is 3.66. The van der Waals surface area contributed by atoms with Crippen molar-refractivity contribution in [1.82, 2.24) is 4.90 Å². The van der Waals surface area contributed by atoms with E-state index >= 15 is 0 Å². The van der Waals surface area contributed by atoms with Crippen LogP contribution in [-0.2, 0) is 0 Å². The van der Waals surface area contributed by atoms with Gasteiger partial charge in [-0.15, -0.1) is 0 Å². The number of hydrogen-bond donors (Lipinski definition) is 2. The zero-order valence-corrected chi connectivity index (χ0v) is 7.84. The molecule has 1 rings (SSSR count). The van der Waals surface area contributed by atoms with E-state index in [1.165, 1.54) is 32.5 Å². The Morgan fingerprint density at radius 1 is 1.17 bits per heavy atom. The summed E-state index contributed by atoms with van der Waals surface area (Å²) >= 11 is 0. The van der Waals surface area contributed by atoms with Crippen molar-refractivity contribution in [3.05, 3.63) is 0 Å². The molecule has 3 heteroatoms. The maximum atomic E-state index is 5.61. The molecule has 1 aliphatic rings. The number of rotatable bonds is 4. The molecule has 12 heavy (non-hydrogen) atoms. The van der Waals surface area contributed by atoms with Gasteiger partial charge in [-0.1, -0.05) is 0 Å². The standard InChI is InChI=1S/C9H21N3/c10-4-1-5-12-6-2-9(8-11)3-7-12/h9H,1-8,10-11H2. The Labute approximate surface area is 75.1 Å². The Kier molecular flexibility index (Phi) is 4.58. The molecule has 1 heterocycles. The normalized spacial score (nSPS) is 21.5. The molecule has 0 aromatic carbocycles. The fourth-order valence-corrected chi connectivity index (χ4v) is 1.76. The van der Waals surface area contributed by atoms with Crippen molar-refractivity contribution in [1.29, 1.82) is 0 Å². The predicted octanol–water partition coefficient (Wildman–Crippen LogP) is 0.00590. The largest absolute Gasteiger partial charge is 0.330 e. The summed E-state index contributed by atoms with van der Waals surface area (Å²) in [7, 11) is 0. The van der Waals surface area contributed by atoms with Gasteiger partial charge < -0.3 is 16.4 Å². The number of likely N-dealkylation sites (tertiary alicyclic amines) is 1. The lowest BCUT2D eigenvalue weighted by molar-refractivity contribution is 0.187. The van der Waals surface area contributed by atoms with E-state index < -0.39 is 0 Å². The topological polar surface area (TPSA) is 55.3 Å². The van der Waals surface area contributed by atoms with Gasteiger partial charge in [0.2, 0.25) is 0 Å². The van der Waals surface area contributed by atoms with Gasteiger partial charge in [-0.25, -0.2) is 0 Å². The first-order valence-corrected chi connectivity index (χ1v) is 4.99. The highest BCUT2D eigenvalue weighted by molar-refractivity contribution is 4.72. The first kappa shape index (κ1) is 9.96. The second-order valence-electron chi connectivity index (χ2n) is 3.66. The van der Waals surface area contributed by atoms with Crippen LogP contribution in [0.5, 0.6) is 0 Å². The Balaban J connectivity index is 2.09. The summed E-state index contributed by atoms with van der Waals surface area (Å²) in [6.07, 6.45) is 3.69. The minimum absolute atomic E-state index is 0.777. The fourth-order valence-electron chi connectivity index (χ4n) is 1.76. The Morgan fingerprint density at radius 2 is 1.83 bits per heavy atom. The van der Waals surface area contributed by atoms with Crippen molar-refractivity contribution in [2.24, 2.45) is 17.4 Å². The molecule has 0 atom stereocenters. The van der Waals surface area contributed by atoms with Gasteiger partial charge in [0.05, 0.1) is 0 Å². The molecule has 1 fully saturated rings. The van der Waals surface area contributed by atoms with E-state index in [-0.39, 0.29) is 0 Å². The summed E-state index contributed by atoms with van der Waals surface area (Å²) in [5.74, 6) is 0.777. The lowest BCUT2D eigenvalue weighted by atomic mass is 9.97. The maximum Gasteiger partial charge on any atom is -0.000671 e. The molecule has 0 saturated carbocycles. The van der Waals surface area contributed by atoms with Crippen molar-refractivity contribution >= 4 is 0 Å². The van der Waals surface area contributed by atoms with Crippen LogP contribution < -0.4 is 11.5 Å². The van der Waals surface area contributed by atoms with E-state index in [1.807, 2.05) is 0 Å². The average Bonchev–Trinajstić information content (AvgIpc) is 2.15. The van der Waals surface area contributed by atoms with Crippen LogP contribution in [0.3, 0.4) is 0 Å². The molecule has 1 aliphatic heterocycles. The van der Waals surface area contributed by atoms with Crippen molar-refractivity contribution in [2.75, 3.05) is 32.7 Å². The molecule has 72 valence electrons. The van der Waals surface area contributed by atoms with Gasteiger partial charge in [0.1, 0.15) is 0 Å². The number of nitrogens with zero attached hydrogens (tertiary/aromatic N) is 1. The zero-order valence-electron chi connectivity index (χ0n) is 7.84. The highest BCUT2D eigenvalue weighted by atomic mass is 15.1. The van der Waals surface area contributed by atoms with E-state index in [0.29, 0.717) is 0 Å². The molecule has 0 radical (unpaired) electrons. The lowest BCUT2D eigenvalue weighted by Crippen LogP contribution is -2.37. The minimum Gasteiger partial charge on any atom is -0.330 e. The molecule has 4 N–H and O–H groups in total. The monoisotopic (exact) mass is 171 g/mol. The van der Waals surface area contributed by atoms with Crippen LogP contribution >= 0.6 is 0 Å². The van der Waals surface area contributed by atoms with Gasteiger partial charge >= 0.3 is 0 Å².